The highest BCUT2D eigenvalue weighted by Gasteiger charge is 1.99. The van der Waals surface area contributed by atoms with Gasteiger partial charge in [-0.05, 0) is 36.1 Å². The van der Waals surface area contributed by atoms with E-state index in [1.165, 1.54) is 10.4 Å². The number of para-hydroxylation sites is 2. The molecule has 0 aliphatic carbocycles. The highest BCUT2D eigenvalue weighted by atomic mass is 32.1. The van der Waals surface area contributed by atoms with E-state index in [9.17, 15) is 0 Å². The Labute approximate surface area is 106 Å². The summed E-state index contributed by atoms with van der Waals surface area (Å²) < 4.78 is 5.25. The van der Waals surface area contributed by atoms with Crippen LogP contribution in [0.5, 0.6) is 5.75 Å². The first kappa shape index (κ1) is 11.9. The minimum absolute atomic E-state index is 0.812. The molecule has 2 rings (SSSR count). The van der Waals surface area contributed by atoms with Crippen LogP contribution < -0.4 is 4.74 Å². The van der Waals surface area contributed by atoms with Gasteiger partial charge in [0, 0.05) is 17.5 Å². The summed E-state index contributed by atoms with van der Waals surface area (Å²) in [4.78, 5) is 5.81. The van der Waals surface area contributed by atoms with E-state index in [4.69, 9.17) is 4.74 Å². The molecule has 2 nitrogen and oxygen atoms in total. The van der Waals surface area contributed by atoms with Gasteiger partial charge in [0.2, 0.25) is 0 Å². The predicted octanol–water partition coefficient (Wildman–Crippen LogP) is 4.01. The van der Waals surface area contributed by atoms with Crippen molar-refractivity contribution in [1.29, 1.82) is 0 Å². The summed E-state index contributed by atoms with van der Waals surface area (Å²) in [6.07, 6.45) is 2.82. The Morgan fingerprint density at radius 1 is 1.29 bits per heavy atom. The van der Waals surface area contributed by atoms with Crippen molar-refractivity contribution in [2.75, 3.05) is 7.11 Å². The Bertz CT molecular complexity index is 516. The summed E-state index contributed by atoms with van der Waals surface area (Å²) in [5.41, 5.74) is 2.21. The zero-order chi connectivity index (χ0) is 12.1. The van der Waals surface area contributed by atoms with Gasteiger partial charge in [0.25, 0.3) is 0 Å². The number of hydrogen-bond acceptors (Lipinski definition) is 3. The van der Waals surface area contributed by atoms with E-state index in [2.05, 4.69) is 23.4 Å². The summed E-state index contributed by atoms with van der Waals surface area (Å²) in [6.45, 7) is 2.13. The normalized spacial score (nSPS) is 10.9. The van der Waals surface area contributed by atoms with Crippen LogP contribution in [-0.4, -0.2) is 13.3 Å². The fraction of sp³-hybridized carbons (Fsp3) is 0.214. The Morgan fingerprint density at radius 3 is 2.82 bits per heavy atom. The van der Waals surface area contributed by atoms with E-state index < -0.39 is 0 Å². The molecule has 1 aromatic carbocycles. The van der Waals surface area contributed by atoms with Crippen LogP contribution >= 0.6 is 11.3 Å². The van der Waals surface area contributed by atoms with Gasteiger partial charge in [-0.3, -0.25) is 4.99 Å². The van der Waals surface area contributed by atoms with Crippen LogP contribution in [0.4, 0.5) is 5.69 Å². The number of benzene rings is 1. The summed E-state index contributed by atoms with van der Waals surface area (Å²) in [5.74, 6) is 0.812. The van der Waals surface area contributed by atoms with Crippen molar-refractivity contribution in [3.8, 4) is 5.75 Å². The standard InChI is InChI=1S/C14H15NOS/c1-11-8-10-17-14(11)7-9-15-12-5-3-4-6-13(12)16-2/h3-6,8-10H,7H2,1-2H3. The molecule has 0 saturated heterocycles. The van der Waals surface area contributed by atoms with Gasteiger partial charge in [-0.25, -0.2) is 0 Å². The number of aliphatic imine (C=N–C) groups is 1. The molecule has 17 heavy (non-hydrogen) atoms. The lowest BCUT2D eigenvalue weighted by atomic mass is 10.2. The number of nitrogens with zero attached hydrogens (tertiary/aromatic N) is 1. The Kier molecular flexibility index (Phi) is 3.94. The molecule has 0 N–H and O–H groups in total. The maximum absolute atomic E-state index is 5.25. The molecule has 1 aromatic heterocycles. The van der Waals surface area contributed by atoms with Crippen LogP contribution in [0.2, 0.25) is 0 Å². The van der Waals surface area contributed by atoms with Crippen LogP contribution in [0.15, 0.2) is 40.7 Å². The molecule has 1 heterocycles. The maximum Gasteiger partial charge on any atom is 0.144 e. The smallest absolute Gasteiger partial charge is 0.144 e. The topological polar surface area (TPSA) is 21.6 Å². The SMILES string of the molecule is COc1ccccc1N=CCc1sccc1C. The van der Waals surface area contributed by atoms with Gasteiger partial charge >= 0.3 is 0 Å². The van der Waals surface area contributed by atoms with Crippen LogP contribution in [0, 0.1) is 6.92 Å². The monoisotopic (exact) mass is 245 g/mol. The molecule has 3 heteroatoms. The zero-order valence-electron chi connectivity index (χ0n) is 10.0. The average Bonchev–Trinajstić information content (AvgIpc) is 2.76. The lowest BCUT2D eigenvalue weighted by molar-refractivity contribution is 0.416. The molecule has 0 bridgehead atoms. The van der Waals surface area contributed by atoms with Crippen molar-refractivity contribution >= 4 is 23.2 Å². The molecule has 0 amide bonds. The third-order valence-electron chi connectivity index (χ3n) is 2.56. The molecular weight excluding hydrogens is 230 g/mol. The number of ether oxygens (including phenoxy) is 1. The molecule has 0 aliphatic rings. The van der Waals surface area contributed by atoms with Crippen molar-refractivity contribution in [1.82, 2.24) is 0 Å². The third-order valence-corrected chi connectivity index (χ3v) is 3.61. The maximum atomic E-state index is 5.25. The molecular formula is C14H15NOS. The minimum atomic E-state index is 0.812. The molecule has 0 spiro atoms. The van der Waals surface area contributed by atoms with Crippen molar-refractivity contribution in [3.05, 3.63) is 46.2 Å². The van der Waals surface area contributed by atoms with E-state index in [1.807, 2.05) is 30.5 Å². The van der Waals surface area contributed by atoms with Crippen LogP contribution in [0.3, 0.4) is 0 Å². The lowest BCUT2D eigenvalue weighted by Gasteiger charge is -2.02. The summed E-state index contributed by atoms with van der Waals surface area (Å²) in [7, 11) is 1.66. The first-order chi connectivity index (χ1) is 8.31. The van der Waals surface area contributed by atoms with Crippen molar-refractivity contribution < 1.29 is 4.74 Å². The van der Waals surface area contributed by atoms with Crippen molar-refractivity contribution in [2.24, 2.45) is 4.99 Å². The first-order valence-corrected chi connectivity index (χ1v) is 6.37. The molecule has 2 aromatic rings. The number of thiophene rings is 1. The fourth-order valence-electron chi connectivity index (χ4n) is 1.58. The molecule has 0 radical (unpaired) electrons. The number of hydrogen-bond donors (Lipinski definition) is 0. The highest BCUT2D eigenvalue weighted by Crippen LogP contribution is 2.26. The Morgan fingerprint density at radius 2 is 2.12 bits per heavy atom. The average molecular weight is 245 g/mol. The largest absolute Gasteiger partial charge is 0.494 e. The quantitative estimate of drug-likeness (QED) is 0.746. The van der Waals surface area contributed by atoms with Crippen molar-refractivity contribution in [3.63, 3.8) is 0 Å². The Hall–Kier alpha value is -1.61. The molecule has 0 fully saturated rings. The third kappa shape index (κ3) is 2.94. The molecule has 0 aliphatic heterocycles. The molecule has 88 valence electrons. The van der Waals surface area contributed by atoms with E-state index in [-0.39, 0.29) is 0 Å². The van der Waals surface area contributed by atoms with Gasteiger partial charge in [0.1, 0.15) is 11.4 Å². The number of methoxy groups -OCH3 is 1. The summed E-state index contributed by atoms with van der Waals surface area (Å²) >= 11 is 1.77. The second-order valence-electron chi connectivity index (χ2n) is 3.71. The first-order valence-electron chi connectivity index (χ1n) is 5.50. The van der Waals surface area contributed by atoms with E-state index in [0.29, 0.717) is 0 Å². The van der Waals surface area contributed by atoms with Crippen LogP contribution in [0.25, 0.3) is 0 Å². The van der Waals surface area contributed by atoms with Gasteiger partial charge in [0.05, 0.1) is 7.11 Å². The zero-order valence-corrected chi connectivity index (χ0v) is 10.8. The number of aryl methyl sites for hydroxylation is 1. The van der Waals surface area contributed by atoms with Gasteiger partial charge < -0.3 is 4.74 Å². The second-order valence-corrected chi connectivity index (χ2v) is 4.72. The van der Waals surface area contributed by atoms with Gasteiger partial charge in [-0.15, -0.1) is 11.3 Å². The van der Waals surface area contributed by atoms with Gasteiger partial charge in [0.15, 0.2) is 0 Å². The summed E-state index contributed by atoms with van der Waals surface area (Å²) in [6, 6.07) is 9.92. The van der Waals surface area contributed by atoms with Gasteiger partial charge in [-0.1, -0.05) is 12.1 Å². The Balaban J connectivity index is 2.08. The van der Waals surface area contributed by atoms with Crippen molar-refractivity contribution in [2.45, 2.75) is 13.3 Å². The minimum Gasteiger partial charge on any atom is -0.494 e. The van der Waals surface area contributed by atoms with E-state index >= 15 is 0 Å². The summed E-state index contributed by atoms with van der Waals surface area (Å²) in [5, 5.41) is 2.11. The van der Waals surface area contributed by atoms with Crippen LogP contribution in [-0.2, 0) is 6.42 Å². The van der Waals surface area contributed by atoms with E-state index in [0.717, 1.165) is 17.9 Å². The fourth-order valence-corrected chi connectivity index (χ4v) is 2.44. The lowest BCUT2D eigenvalue weighted by Crippen LogP contribution is -1.86. The predicted molar refractivity (Wildman–Crippen MR) is 73.9 cm³/mol. The highest BCUT2D eigenvalue weighted by molar-refractivity contribution is 7.10. The molecule has 0 saturated carbocycles. The van der Waals surface area contributed by atoms with E-state index in [1.54, 1.807) is 18.4 Å². The molecule has 0 unspecified atom stereocenters. The second kappa shape index (κ2) is 5.64. The molecule has 0 atom stereocenters. The number of rotatable bonds is 4. The van der Waals surface area contributed by atoms with Crippen LogP contribution in [0.1, 0.15) is 10.4 Å². The van der Waals surface area contributed by atoms with Gasteiger partial charge in [-0.2, -0.15) is 0 Å².